The molecule has 0 spiro atoms. The summed E-state index contributed by atoms with van der Waals surface area (Å²) in [5.74, 6) is -0.645. The van der Waals surface area contributed by atoms with E-state index in [2.05, 4.69) is 4.98 Å². The van der Waals surface area contributed by atoms with Crippen molar-refractivity contribution in [2.75, 3.05) is 0 Å². The van der Waals surface area contributed by atoms with Gasteiger partial charge in [-0.3, -0.25) is 0 Å². The van der Waals surface area contributed by atoms with Crippen LogP contribution in [0.2, 0.25) is 10.0 Å². The normalized spacial score (nSPS) is 10.1. The van der Waals surface area contributed by atoms with E-state index < -0.39 is 5.95 Å². The van der Waals surface area contributed by atoms with E-state index in [0.29, 0.717) is 26.9 Å². The molecule has 0 atom stereocenters. The van der Waals surface area contributed by atoms with Crippen molar-refractivity contribution in [3.8, 4) is 17.3 Å². The lowest BCUT2D eigenvalue weighted by molar-refractivity contribution is 0.583. The molecule has 0 unspecified atom stereocenters. The fraction of sp³-hybridized carbons (Fsp3) is 0.0769. The fourth-order valence-corrected chi connectivity index (χ4v) is 1.96. The van der Waals surface area contributed by atoms with Crippen molar-refractivity contribution < 1.29 is 4.39 Å². The smallest absolute Gasteiger partial charge is 0.213 e. The van der Waals surface area contributed by atoms with Crippen LogP contribution in [0.25, 0.3) is 11.3 Å². The number of pyridine rings is 1. The molecule has 2 aromatic rings. The Bertz CT molecular complexity index is 635. The molecule has 18 heavy (non-hydrogen) atoms. The quantitative estimate of drug-likeness (QED) is 0.771. The Labute approximate surface area is 114 Å². The zero-order chi connectivity index (χ0) is 13.1. The third-order valence-corrected chi connectivity index (χ3v) is 2.91. The second kappa shape index (κ2) is 5.34. The second-order valence-electron chi connectivity index (χ2n) is 3.64. The van der Waals surface area contributed by atoms with Gasteiger partial charge in [0.05, 0.1) is 23.2 Å². The van der Waals surface area contributed by atoms with Crippen LogP contribution >= 0.6 is 23.2 Å². The van der Waals surface area contributed by atoms with Gasteiger partial charge in [0.25, 0.3) is 0 Å². The molecule has 0 aliphatic rings. The third-order valence-electron chi connectivity index (χ3n) is 2.34. The molecule has 0 N–H and O–H groups in total. The van der Waals surface area contributed by atoms with Crippen LogP contribution in [0.3, 0.4) is 0 Å². The van der Waals surface area contributed by atoms with Gasteiger partial charge >= 0.3 is 0 Å². The van der Waals surface area contributed by atoms with Gasteiger partial charge < -0.3 is 0 Å². The summed E-state index contributed by atoms with van der Waals surface area (Å²) in [6.07, 6.45) is 0.116. The third kappa shape index (κ3) is 2.79. The van der Waals surface area contributed by atoms with E-state index in [4.69, 9.17) is 28.5 Å². The van der Waals surface area contributed by atoms with Crippen LogP contribution in [0.15, 0.2) is 30.3 Å². The summed E-state index contributed by atoms with van der Waals surface area (Å²) in [6.45, 7) is 0. The Morgan fingerprint density at radius 2 is 2.00 bits per heavy atom. The molecule has 90 valence electrons. The van der Waals surface area contributed by atoms with E-state index in [1.807, 2.05) is 6.07 Å². The predicted octanol–water partition coefficient (Wildman–Crippen LogP) is 4.26. The Morgan fingerprint density at radius 1 is 1.22 bits per heavy atom. The molecule has 1 aromatic heterocycles. The molecule has 1 heterocycles. The van der Waals surface area contributed by atoms with Crippen molar-refractivity contribution in [2.45, 2.75) is 6.42 Å². The van der Waals surface area contributed by atoms with E-state index >= 15 is 0 Å². The lowest BCUT2D eigenvalue weighted by Crippen LogP contribution is -1.93. The van der Waals surface area contributed by atoms with E-state index in [-0.39, 0.29) is 6.42 Å². The summed E-state index contributed by atoms with van der Waals surface area (Å²) < 4.78 is 13.4. The summed E-state index contributed by atoms with van der Waals surface area (Å²) in [5, 5.41) is 9.55. The van der Waals surface area contributed by atoms with Crippen molar-refractivity contribution in [3.05, 3.63) is 51.9 Å². The minimum Gasteiger partial charge on any atom is -0.220 e. The molecule has 0 bridgehead atoms. The van der Waals surface area contributed by atoms with E-state index in [1.165, 1.54) is 6.07 Å². The van der Waals surface area contributed by atoms with E-state index in [0.717, 1.165) is 0 Å². The van der Waals surface area contributed by atoms with Crippen LogP contribution in [0, 0.1) is 17.3 Å². The average Bonchev–Trinajstić information content (AvgIpc) is 2.32. The SMILES string of the molecule is N#CCc1cc(F)nc(-c2cc(Cl)ccc2Cl)c1. The van der Waals surface area contributed by atoms with Gasteiger partial charge in [0.1, 0.15) is 0 Å². The van der Waals surface area contributed by atoms with Crippen LogP contribution in [0.4, 0.5) is 4.39 Å². The number of benzene rings is 1. The van der Waals surface area contributed by atoms with Gasteiger partial charge in [0.2, 0.25) is 5.95 Å². The Kier molecular flexibility index (Phi) is 3.81. The second-order valence-corrected chi connectivity index (χ2v) is 4.49. The van der Waals surface area contributed by atoms with Gasteiger partial charge in [-0.25, -0.2) is 4.98 Å². The van der Waals surface area contributed by atoms with Crippen molar-refractivity contribution in [2.24, 2.45) is 0 Å². The fourth-order valence-electron chi connectivity index (χ4n) is 1.57. The lowest BCUT2D eigenvalue weighted by Gasteiger charge is -2.06. The number of halogens is 3. The molecule has 0 aliphatic heterocycles. The molecule has 0 aliphatic carbocycles. The molecule has 0 amide bonds. The zero-order valence-electron chi connectivity index (χ0n) is 9.12. The average molecular weight is 281 g/mol. The highest BCUT2D eigenvalue weighted by molar-refractivity contribution is 6.35. The van der Waals surface area contributed by atoms with Crippen molar-refractivity contribution >= 4 is 23.2 Å². The lowest BCUT2D eigenvalue weighted by atomic mass is 10.1. The van der Waals surface area contributed by atoms with Crippen LogP contribution in [0.1, 0.15) is 5.56 Å². The van der Waals surface area contributed by atoms with Crippen LogP contribution in [-0.2, 0) is 6.42 Å². The highest BCUT2D eigenvalue weighted by atomic mass is 35.5. The molecule has 0 radical (unpaired) electrons. The summed E-state index contributed by atoms with van der Waals surface area (Å²) >= 11 is 11.9. The van der Waals surface area contributed by atoms with Gasteiger partial charge in [-0.2, -0.15) is 9.65 Å². The Morgan fingerprint density at radius 3 is 2.72 bits per heavy atom. The van der Waals surface area contributed by atoms with Crippen molar-refractivity contribution in [1.82, 2.24) is 4.98 Å². The Hall–Kier alpha value is -1.63. The summed E-state index contributed by atoms with van der Waals surface area (Å²) in [6, 6.07) is 9.69. The van der Waals surface area contributed by atoms with Gasteiger partial charge in [0.15, 0.2) is 0 Å². The predicted molar refractivity (Wildman–Crippen MR) is 69.0 cm³/mol. The minimum absolute atomic E-state index is 0.116. The number of rotatable bonds is 2. The van der Waals surface area contributed by atoms with Crippen LogP contribution in [-0.4, -0.2) is 4.98 Å². The topological polar surface area (TPSA) is 36.7 Å². The molecule has 5 heteroatoms. The standard InChI is InChI=1S/C13H7Cl2FN2/c14-9-1-2-11(15)10(7-9)12-5-8(3-4-17)6-13(16)18-12/h1-2,5-7H,3H2. The monoisotopic (exact) mass is 280 g/mol. The first-order chi connectivity index (χ1) is 8.60. The largest absolute Gasteiger partial charge is 0.220 e. The first kappa shape index (κ1) is 12.8. The summed E-state index contributed by atoms with van der Waals surface area (Å²) in [7, 11) is 0. The van der Waals surface area contributed by atoms with Crippen molar-refractivity contribution in [1.29, 1.82) is 5.26 Å². The molecule has 0 saturated heterocycles. The number of hydrogen-bond donors (Lipinski definition) is 0. The van der Waals surface area contributed by atoms with Gasteiger partial charge in [-0.15, -0.1) is 0 Å². The van der Waals surface area contributed by atoms with Crippen molar-refractivity contribution in [3.63, 3.8) is 0 Å². The maximum atomic E-state index is 13.4. The van der Waals surface area contributed by atoms with Gasteiger partial charge in [-0.05, 0) is 35.9 Å². The zero-order valence-corrected chi connectivity index (χ0v) is 10.6. The van der Waals surface area contributed by atoms with Gasteiger partial charge in [-0.1, -0.05) is 23.2 Å². The highest BCUT2D eigenvalue weighted by Crippen LogP contribution is 2.30. The summed E-state index contributed by atoms with van der Waals surface area (Å²) in [5.41, 5.74) is 1.46. The molecule has 0 saturated carbocycles. The molecular formula is C13H7Cl2FN2. The first-order valence-electron chi connectivity index (χ1n) is 5.09. The minimum atomic E-state index is -0.645. The number of aromatic nitrogens is 1. The molecule has 0 fully saturated rings. The maximum absolute atomic E-state index is 13.4. The first-order valence-corrected chi connectivity index (χ1v) is 5.84. The maximum Gasteiger partial charge on any atom is 0.213 e. The highest BCUT2D eigenvalue weighted by Gasteiger charge is 2.09. The number of nitrogens with zero attached hydrogens (tertiary/aromatic N) is 2. The van der Waals surface area contributed by atoms with Gasteiger partial charge in [0, 0.05) is 10.6 Å². The Balaban J connectivity index is 2.56. The number of hydrogen-bond acceptors (Lipinski definition) is 2. The van der Waals surface area contributed by atoms with Crippen LogP contribution < -0.4 is 0 Å². The molecule has 2 rings (SSSR count). The summed E-state index contributed by atoms with van der Waals surface area (Å²) in [4.78, 5) is 3.77. The van der Waals surface area contributed by atoms with E-state index in [9.17, 15) is 4.39 Å². The molecule has 1 aromatic carbocycles. The molecule has 2 nitrogen and oxygen atoms in total. The number of nitriles is 1. The van der Waals surface area contributed by atoms with E-state index in [1.54, 1.807) is 24.3 Å². The van der Waals surface area contributed by atoms with Crippen LogP contribution in [0.5, 0.6) is 0 Å². The molecular weight excluding hydrogens is 274 g/mol.